The van der Waals surface area contributed by atoms with Gasteiger partial charge in [-0.25, -0.2) is 4.98 Å². The number of nitrogens with zero attached hydrogens (tertiary/aromatic N) is 1. The second-order valence-corrected chi connectivity index (χ2v) is 4.91. The number of nitrogens with one attached hydrogen (secondary N) is 2. The van der Waals surface area contributed by atoms with Crippen LogP contribution < -0.4 is 15.4 Å². The zero-order valence-corrected chi connectivity index (χ0v) is 12.9. The average Bonchev–Trinajstić information content (AvgIpc) is 2.46. The fraction of sp³-hybridized carbons (Fsp3) is 0.143. The van der Waals surface area contributed by atoms with E-state index >= 15 is 0 Å². The number of ether oxygens (including phenoxy) is 1. The number of hydrogen-bond donors (Lipinski definition) is 2. The van der Waals surface area contributed by atoms with E-state index in [0.29, 0.717) is 27.8 Å². The Bertz CT molecular complexity index is 677. The van der Waals surface area contributed by atoms with Crippen LogP contribution in [0, 0.1) is 0 Å². The predicted octanol–water partition coefficient (Wildman–Crippen LogP) is 3.69. The number of rotatable bonds is 4. The van der Waals surface area contributed by atoms with Crippen molar-refractivity contribution in [2.24, 2.45) is 0 Å². The second-order valence-electron chi connectivity index (χ2n) is 4.12. The number of aromatic nitrogens is 1. The zero-order chi connectivity index (χ0) is 15.4. The van der Waals surface area contributed by atoms with Crippen molar-refractivity contribution in [3.63, 3.8) is 0 Å². The van der Waals surface area contributed by atoms with E-state index in [1.54, 1.807) is 31.3 Å². The number of pyridine rings is 1. The molecule has 1 amide bonds. The van der Waals surface area contributed by atoms with Crippen molar-refractivity contribution in [2.75, 3.05) is 24.8 Å². The zero-order valence-electron chi connectivity index (χ0n) is 11.4. The molecule has 1 aromatic heterocycles. The number of hydrogen-bond acceptors (Lipinski definition) is 4. The van der Waals surface area contributed by atoms with Crippen LogP contribution in [0.4, 0.5) is 11.5 Å². The highest BCUT2D eigenvalue weighted by Crippen LogP contribution is 2.27. The molecule has 0 aliphatic rings. The Labute approximate surface area is 132 Å². The molecule has 2 rings (SSSR count). The fourth-order valence-electron chi connectivity index (χ4n) is 1.70. The van der Waals surface area contributed by atoms with Crippen molar-refractivity contribution in [3.8, 4) is 5.75 Å². The quantitative estimate of drug-likeness (QED) is 0.841. The maximum absolute atomic E-state index is 12.2. The number of carbonyl (C=O) groups is 1. The fourth-order valence-corrected chi connectivity index (χ4v) is 2.17. The standard InChI is InChI=1S/C14H13Cl2N3O2/c1-17-13-6-8(5-12(16)19-13)14(20)18-9-3-4-11(21-2)10(15)7-9/h3-7H,1-2H3,(H,17,19)(H,18,20). The van der Waals surface area contributed by atoms with Crippen LogP contribution in [0.3, 0.4) is 0 Å². The van der Waals surface area contributed by atoms with Crippen LogP contribution in [0.25, 0.3) is 0 Å². The molecule has 1 heterocycles. The van der Waals surface area contributed by atoms with Gasteiger partial charge in [-0.1, -0.05) is 23.2 Å². The molecule has 0 saturated carbocycles. The Morgan fingerprint density at radius 1 is 1.24 bits per heavy atom. The van der Waals surface area contributed by atoms with Crippen LogP contribution in [0.1, 0.15) is 10.4 Å². The van der Waals surface area contributed by atoms with Crippen LogP contribution >= 0.6 is 23.2 Å². The topological polar surface area (TPSA) is 63.2 Å². The van der Waals surface area contributed by atoms with Gasteiger partial charge in [0, 0.05) is 18.3 Å². The van der Waals surface area contributed by atoms with Gasteiger partial charge in [0.2, 0.25) is 0 Å². The van der Waals surface area contributed by atoms with Gasteiger partial charge < -0.3 is 15.4 Å². The Hall–Kier alpha value is -1.98. The third-order valence-electron chi connectivity index (χ3n) is 2.72. The molecule has 0 atom stereocenters. The minimum absolute atomic E-state index is 0.236. The van der Waals surface area contributed by atoms with Gasteiger partial charge in [0.1, 0.15) is 16.7 Å². The molecule has 0 aliphatic heterocycles. The van der Waals surface area contributed by atoms with E-state index in [9.17, 15) is 4.79 Å². The average molecular weight is 326 g/mol. The SMILES string of the molecule is CNc1cc(C(=O)Nc2ccc(OC)c(Cl)c2)cc(Cl)n1. The summed E-state index contributed by atoms with van der Waals surface area (Å²) in [5.41, 5.74) is 0.955. The lowest BCUT2D eigenvalue weighted by atomic mass is 10.2. The Morgan fingerprint density at radius 3 is 2.62 bits per heavy atom. The monoisotopic (exact) mass is 325 g/mol. The normalized spacial score (nSPS) is 10.1. The third kappa shape index (κ3) is 3.77. The molecular formula is C14H13Cl2N3O2. The maximum atomic E-state index is 12.2. The van der Waals surface area contributed by atoms with Gasteiger partial charge in [-0.05, 0) is 30.3 Å². The lowest BCUT2D eigenvalue weighted by molar-refractivity contribution is 0.102. The molecule has 0 unspecified atom stereocenters. The van der Waals surface area contributed by atoms with Crippen molar-refractivity contribution < 1.29 is 9.53 Å². The Morgan fingerprint density at radius 2 is 2.00 bits per heavy atom. The first-order valence-corrected chi connectivity index (χ1v) is 6.79. The van der Waals surface area contributed by atoms with E-state index in [2.05, 4.69) is 15.6 Å². The number of halogens is 2. The van der Waals surface area contributed by atoms with Gasteiger partial charge in [0.25, 0.3) is 5.91 Å². The van der Waals surface area contributed by atoms with Gasteiger partial charge in [-0.2, -0.15) is 0 Å². The first-order chi connectivity index (χ1) is 10.0. The minimum Gasteiger partial charge on any atom is -0.495 e. The number of anilines is 2. The Balaban J connectivity index is 2.21. The smallest absolute Gasteiger partial charge is 0.255 e. The van der Waals surface area contributed by atoms with Crippen molar-refractivity contribution in [1.82, 2.24) is 4.98 Å². The highest BCUT2D eigenvalue weighted by Gasteiger charge is 2.10. The van der Waals surface area contributed by atoms with Crippen molar-refractivity contribution in [3.05, 3.63) is 46.1 Å². The molecule has 5 nitrogen and oxygen atoms in total. The van der Waals surface area contributed by atoms with E-state index in [4.69, 9.17) is 27.9 Å². The molecule has 0 aliphatic carbocycles. The first kappa shape index (κ1) is 15.4. The lowest BCUT2D eigenvalue weighted by Gasteiger charge is -2.09. The summed E-state index contributed by atoms with van der Waals surface area (Å²) in [4.78, 5) is 16.2. The molecule has 21 heavy (non-hydrogen) atoms. The molecule has 0 saturated heterocycles. The van der Waals surface area contributed by atoms with E-state index in [-0.39, 0.29) is 11.1 Å². The number of amides is 1. The highest BCUT2D eigenvalue weighted by molar-refractivity contribution is 6.32. The number of benzene rings is 1. The Kier molecular flexibility index (Phi) is 4.88. The van der Waals surface area contributed by atoms with Gasteiger partial charge >= 0.3 is 0 Å². The molecule has 2 N–H and O–H groups in total. The van der Waals surface area contributed by atoms with Gasteiger partial charge in [-0.15, -0.1) is 0 Å². The van der Waals surface area contributed by atoms with E-state index in [0.717, 1.165) is 0 Å². The van der Waals surface area contributed by atoms with Crippen LogP contribution in [0.15, 0.2) is 30.3 Å². The predicted molar refractivity (Wildman–Crippen MR) is 84.8 cm³/mol. The maximum Gasteiger partial charge on any atom is 0.255 e. The van der Waals surface area contributed by atoms with Crippen LogP contribution in [0.5, 0.6) is 5.75 Å². The van der Waals surface area contributed by atoms with Crippen molar-refractivity contribution in [2.45, 2.75) is 0 Å². The molecule has 2 aromatic rings. The molecule has 0 spiro atoms. The van der Waals surface area contributed by atoms with Crippen LogP contribution in [-0.2, 0) is 0 Å². The lowest BCUT2D eigenvalue weighted by Crippen LogP contribution is -2.12. The van der Waals surface area contributed by atoms with Crippen LogP contribution in [-0.4, -0.2) is 25.0 Å². The first-order valence-electron chi connectivity index (χ1n) is 6.03. The highest BCUT2D eigenvalue weighted by atomic mass is 35.5. The summed E-state index contributed by atoms with van der Waals surface area (Å²) in [5.74, 6) is 0.747. The molecule has 110 valence electrons. The van der Waals surface area contributed by atoms with E-state index in [1.807, 2.05) is 0 Å². The van der Waals surface area contributed by atoms with E-state index < -0.39 is 0 Å². The summed E-state index contributed by atoms with van der Waals surface area (Å²) < 4.78 is 5.06. The molecule has 0 bridgehead atoms. The summed E-state index contributed by atoms with van der Waals surface area (Å²) in [7, 11) is 3.22. The molecular weight excluding hydrogens is 313 g/mol. The second kappa shape index (κ2) is 6.65. The summed E-state index contributed by atoms with van der Waals surface area (Å²) in [6.45, 7) is 0. The molecule has 0 radical (unpaired) electrons. The summed E-state index contributed by atoms with van der Waals surface area (Å²) in [5, 5.41) is 6.23. The number of carbonyl (C=O) groups excluding carboxylic acids is 1. The van der Waals surface area contributed by atoms with Crippen LogP contribution in [0.2, 0.25) is 10.2 Å². The van der Waals surface area contributed by atoms with Gasteiger partial charge in [0.15, 0.2) is 0 Å². The van der Waals surface area contributed by atoms with Gasteiger partial charge in [0.05, 0.1) is 12.1 Å². The minimum atomic E-state index is -0.308. The summed E-state index contributed by atoms with van der Waals surface area (Å²) in [6, 6.07) is 8.08. The molecule has 7 heteroatoms. The van der Waals surface area contributed by atoms with Crippen molar-refractivity contribution in [1.29, 1.82) is 0 Å². The largest absolute Gasteiger partial charge is 0.495 e. The molecule has 1 aromatic carbocycles. The van der Waals surface area contributed by atoms with Crippen molar-refractivity contribution >= 4 is 40.6 Å². The summed E-state index contributed by atoms with van der Waals surface area (Å²) in [6.07, 6.45) is 0. The number of methoxy groups -OCH3 is 1. The van der Waals surface area contributed by atoms with E-state index in [1.165, 1.54) is 13.2 Å². The summed E-state index contributed by atoms with van der Waals surface area (Å²) >= 11 is 11.9. The molecule has 0 fully saturated rings. The third-order valence-corrected chi connectivity index (χ3v) is 3.21. The van der Waals surface area contributed by atoms with Gasteiger partial charge in [-0.3, -0.25) is 4.79 Å².